The summed E-state index contributed by atoms with van der Waals surface area (Å²) in [7, 11) is -3.80. The predicted molar refractivity (Wildman–Crippen MR) is 66.0 cm³/mol. The number of hydrogen-bond acceptors (Lipinski definition) is 5. The fourth-order valence-electron chi connectivity index (χ4n) is 1.80. The Hall–Kier alpha value is -1.06. The molecule has 1 fully saturated rings. The van der Waals surface area contributed by atoms with Crippen molar-refractivity contribution in [3.05, 3.63) is 11.9 Å². The monoisotopic (exact) mass is 291 g/mol. The fourth-order valence-corrected chi connectivity index (χ4v) is 4.75. The van der Waals surface area contributed by atoms with Crippen LogP contribution in [-0.2, 0) is 14.8 Å². The summed E-state index contributed by atoms with van der Waals surface area (Å²) in [6, 6.07) is -1.01. The summed E-state index contributed by atoms with van der Waals surface area (Å²) < 4.78 is 25.8. The normalized spacial score (nSPS) is 21.9. The molecule has 0 amide bonds. The van der Waals surface area contributed by atoms with Crippen LogP contribution >= 0.6 is 11.8 Å². The van der Waals surface area contributed by atoms with Crippen molar-refractivity contribution < 1.29 is 18.3 Å². The van der Waals surface area contributed by atoms with Gasteiger partial charge in [0.05, 0.1) is 11.9 Å². The number of nitrogens with zero attached hydrogens (tertiary/aromatic N) is 2. The number of thioether (sulfide) groups is 1. The van der Waals surface area contributed by atoms with Crippen LogP contribution < -0.4 is 0 Å². The first-order valence-electron chi connectivity index (χ1n) is 5.27. The Morgan fingerprint density at radius 1 is 1.67 bits per heavy atom. The van der Waals surface area contributed by atoms with E-state index in [1.54, 1.807) is 6.92 Å². The standard InChI is InChI=1S/C9H13N3O4S2/c1-6-8(4-10-11-6)18(15,16)12-2-3-17-5-7(12)9(13)14/h4,7H,2-3,5H2,1H3,(H,10,11)(H,13,14). The number of carboxylic acid groups (broad SMARTS) is 1. The Bertz CT molecular complexity index is 554. The first kappa shape index (κ1) is 13.4. The summed E-state index contributed by atoms with van der Waals surface area (Å²) >= 11 is 1.44. The molecule has 2 rings (SSSR count). The molecule has 1 aliphatic rings. The molecule has 0 aromatic carbocycles. The van der Waals surface area contributed by atoms with Gasteiger partial charge in [-0.2, -0.15) is 21.2 Å². The van der Waals surface area contributed by atoms with Crippen LogP contribution in [0.3, 0.4) is 0 Å². The second-order valence-electron chi connectivity index (χ2n) is 3.90. The molecule has 0 radical (unpaired) electrons. The molecule has 1 atom stereocenters. The highest BCUT2D eigenvalue weighted by Gasteiger charge is 2.39. The summed E-state index contributed by atoms with van der Waals surface area (Å²) in [5.41, 5.74) is 0.414. The van der Waals surface area contributed by atoms with Gasteiger partial charge in [-0.25, -0.2) is 8.42 Å². The topological polar surface area (TPSA) is 103 Å². The number of hydrogen-bond donors (Lipinski definition) is 2. The van der Waals surface area contributed by atoms with E-state index in [0.717, 1.165) is 4.31 Å². The zero-order valence-corrected chi connectivity index (χ0v) is 11.3. The maximum absolute atomic E-state index is 12.4. The summed E-state index contributed by atoms with van der Waals surface area (Å²) in [6.45, 7) is 1.79. The smallest absolute Gasteiger partial charge is 0.322 e. The van der Waals surface area contributed by atoms with Crippen LogP contribution in [0.2, 0.25) is 0 Å². The van der Waals surface area contributed by atoms with Gasteiger partial charge >= 0.3 is 5.97 Å². The number of rotatable bonds is 3. The lowest BCUT2D eigenvalue weighted by Gasteiger charge is -2.31. The largest absolute Gasteiger partial charge is 0.480 e. The number of aryl methyl sites for hydroxylation is 1. The molecule has 100 valence electrons. The number of H-pyrrole nitrogens is 1. The van der Waals surface area contributed by atoms with E-state index in [4.69, 9.17) is 5.11 Å². The highest BCUT2D eigenvalue weighted by molar-refractivity contribution is 7.99. The lowest BCUT2D eigenvalue weighted by Crippen LogP contribution is -2.50. The number of sulfonamides is 1. The minimum Gasteiger partial charge on any atom is -0.480 e. The molecule has 0 aliphatic carbocycles. The Labute approximate surface area is 109 Å². The van der Waals surface area contributed by atoms with E-state index in [1.165, 1.54) is 18.0 Å². The van der Waals surface area contributed by atoms with E-state index in [0.29, 0.717) is 11.4 Å². The maximum Gasteiger partial charge on any atom is 0.322 e. The predicted octanol–water partition coefficient (Wildman–Crippen LogP) is -0.0912. The molecule has 18 heavy (non-hydrogen) atoms. The van der Waals surface area contributed by atoms with Crippen LogP contribution in [0.4, 0.5) is 0 Å². The van der Waals surface area contributed by atoms with Gasteiger partial charge in [0, 0.05) is 18.1 Å². The molecule has 0 saturated carbocycles. The molecule has 2 N–H and O–H groups in total. The van der Waals surface area contributed by atoms with Gasteiger partial charge in [-0.15, -0.1) is 0 Å². The van der Waals surface area contributed by atoms with E-state index < -0.39 is 22.0 Å². The van der Waals surface area contributed by atoms with Gasteiger partial charge in [-0.05, 0) is 6.92 Å². The maximum atomic E-state index is 12.4. The van der Waals surface area contributed by atoms with Crippen LogP contribution in [0.15, 0.2) is 11.1 Å². The van der Waals surface area contributed by atoms with Crippen molar-refractivity contribution in [3.63, 3.8) is 0 Å². The third-order valence-corrected chi connectivity index (χ3v) is 5.78. The van der Waals surface area contributed by atoms with Crippen molar-refractivity contribution in [3.8, 4) is 0 Å². The zero-order valence-electron chi connectivity index (χ0n) is 9.66. The number of nitrogens with one attached hydrogen (secondary N) is 1. The van der Waals surface area contributed by atoms with Crippen LogP contribution in [-0.4, -0.2) is 58.1 Å². The summed E-state index contributed by atoms with van der Waals surface area (Å²) in [6.07, 6.45) is 1.21. The van der Waals surface area contributed by atoms with Gasteiger partial charge in [-0.1, -0.05) is 0 Å². The number of aromatic amines is 1. The number of aromatic nitrogens is 2. The number of aliphatic carboxylic acids is 1. The van der Waals surface area contributed by atoms with E-state index in [2.05, 4.69) is 10.2 Å². The molecule has 9 heteroatoms. The first-order valence-corrected chi connectivity index (χ1v) is 7.86. The minimum atomic E-state index is -3.80. The lowest BCUT2D eigenvalue weighted by molar-refractivity contribution is -0.140. The highest BCUT2D eigenvalue weighted by Crippen LogP contribution is 2.25. The van der Waals surface area contributed by atoms with Crippen molar-refractivity contribution in [2.45, 2.75) is 17.9 Å². The van der Waals surface area contributed by atoms with Crippen molar-refractivity contribution in [1.82, 2.24) is 14.5 Å². The van der Waals surface area contributed by atoms with Crippen molar-refractivity contribution in [2.75, 3.05) is 18.1 Å². The number of carboxylic acids is 1. The molecule has 1 aromatic heterocycles. The van der Waals surface area contributed by atoms with Crippen LogP contribution in [0.25, 0.3) is 0 Å². The van der Waals surface area contributed by atoms with Crippen molar-refractivity contribution in [1.29, 1.82) is 0 Å². The summed E-state index contributed by atoms with van der Waals surface area (Å²) in [5.74, 6) is -0.252. The second-order valence-corrected chi connectivity index (χ2v) is 6.91. The molecule has 0 spiro atoms. The van der Waals surface area contributed by atoms with Crippen molar-refractivity contribution in [2.24, 2.45) is 0 Å². The Balaban J connectivity index is 2.39. The molecule has 1 aromatic rings. The molecular weight excluding hydrogens is 278 g/mol. The SMILES string of the molecule is Cc1[nH]ncc1S(=O)(=O)N1CCSCC1C(=O)O. The summed E-state index contributed by atoms with van der Waals surface area (Å²) in [5, 5.41) is 15.3. The first-order chi connectivity index (χ1) is 8.44. The average Bonchev–Trinajstić information content (AvgIpc) is 2.76. The van der Waals surface area contributed by atoms with Crippen LogP contribution in [0.5, 0.6) is 0 Å². The third-order valence-electron chi connectivity index (χ3n) is 2.73. The lowest BCUT2D eigenvalue weighted by atomic mass is 10.3. The van der Waals surface area contributed by atoms with Gasteiger partial charge in [0.15, 0.2) is 0 Å². The average molecular weight is 291 g/mol. The van der Waals surface area contributed by atoms with Crippen LogP contribution in [0.1, 0.15) is 5.69 Å². The van der Waals surface area contributed by atoms with E-state index in [-0.39, 0.29) is 17.2 Å². The van der Waals surface area contributed by atoms with E-state index in [9.17, 15) is 13.2 Å². The summed E-state index contributed by atoms with van der Waals surface area (Å²) in [4.78, 5) is 11.2. The Morgan fingerprint density at radius 3 is 2.94 bits per heavy atom. The molecular formula is C9H13N3O4S2. The fraction of sp³-hybridized carbons (Fsp3) is 0.556. The van der Waals surface area contributed by atoms with Crippen molar-refractivity contribution >= 4 is 27.8 Å². The van der Waals surface area contributed by atoms with E-state index in [1.807, 2.05) is 0 Å². The Morgan fingerprint density at radius 2 is 2.39 bits per heavy atom. The second kappa shape index (κ2) is 4.90. The molecule has 2 heterocycles. The quantitative estimate of drug-likeness (QED) is 0.806. The third kappa shape index (κ3) is 2.25. The molecule has 1 saturated heterocycles. The van der Waals surface area contributed by atoms with Gasteiger partial charge in [0.25, 0.3) is 0 Å². The molecule has 0 bridgehead atoms. The Kier molecular flexibility index (Phi) is 3.64. The van der Waals surface area contributed by atoms with Gasteiger partial charge in [-0.3, -0.25) is 9.89 Å². The van der Waals surface area contributed by atoms with Gasteiger partial charge < -0.3 is 5.11 Å². The van der Waals surface area contributed by atoms with E-state index >= 15 is 0 Å². The van der Waals surface area contributed by atoms with Gasteiger partial charge in [0.1, 0.15) is 10.9 Å². The highest BCUT2D eigenvalue weighted by atomic mass is 32.2. The van der Waals surface area contributed by atoms with Gasteiger partial charge in [0.2, 0.25) is 10.0 Å². The number of carbonyl (C=O) groups is 1. The molecule has 7 nitrogen and oxygen atoms in total. The zero-order chi connectivity index (χ0) is 13.3. The minimum absolute atomic E-state index is 0.0423. The molecule has 1 aliphatic heterocycles. The van der Waals surface area contributed by atoms with Crippen LogP contribution in [0, 0.1) is 6.92 Å². The molecule has 1 unspecified atom stereocenters.